The molecular formula is C7H7BrCl2Zn. The quantitative estimate of drug-likeness (QED) is 0.632. The van der Waals surface area contributed by atoms with E-state index in [0.29, 0.717) is 0 Å². The van der Waals surface area contributed by atoms with E-state index in [0.717, 1.165) is 4.47 Å². The molecule has 0 saturated carbocycles. The van der Waals surface area contributed by atoms with Crippen LogP contribution in [0.1, 0.15) is 5.56 Å². The first-order valence-electron chi connectivity index (χ1n) is 3.04. The first kappa shape index (κ1) is 11.9. The van der Waals surface area contributed by atoms with E-state index in [1.807, 2.05) is 12.1 Å². The van der Waals surface area contributed by atoms with Crippen molar-refractivity contribution >= 4 is 35.3 Å². The zero-order valence-electron chi connectivity index (χ0n) is 6.15. The number of hydrogen-bond acceptors (Lipinski definition) is 0. The van der Waals surface area contributed by atoms with Crippen molar-refractivity contribution in [3.05, 3.63) is 34.3 Å². The molecule has 58 valence electrons. The molecule has 0 aliphatic carbocycles. The van der Waals surface area contributed by atoms with Crippen LogP contribution in [0.15, 0.2) is 28.7 Å². The van der Waals surface area contributed by atoms with Gasteiger partial charge in [-0.05, 0) is 19.1 Å². The molecule has 0 unspecified atom stereocenters. The van der Waals surface area contributed by atoms with Crippen LogP contribution in [0, 0.1) is 6.92 Å². The molecule has 1 rings (SSSR count). The minimum absolute atomic E-state index is 0.931. The maximum atomic E-state index is 4.95. The zero-order valence-corrected chi connectivity index (χ0v) is 12.2. The molecule has 0 nitrogen and oxygen atoms in total. The average molecular weight is 307 g/mol. The molecule has 0 saturated heterocycles. The van der Waals surface area contributed by atoms with E-state index in [9.17, 15) is 0 Å². The van der Waals surface area contributed by atoms with Crippen LogP contribution in [0.25, 0.3) is 0 Å². The molecule has 0 atom stereocenters. The Bertz CT molecular complexity index is 167. The topological polar surface area (TPSA) is 0 Å². The number of rotatable bonds is 0. The SMILES string of the molecule is Cc1ccc(Br)cc1.[Cl][Zn][Cl]. The molecule has 0 aliphatic rings. The molecule has 0 aliphatic heterocycles. The van der Waals surface area contributed by atoms with E-state index >= 15 is 0 Å². The third kappa shape index (κ3) is 7.27. The molecule has 0 heterocycles. The van der Waals surface area contributed by atoms with E-state index in [4.69, 9.17) is 19.4 Å². The maximum absolute atomic E-state index is 4.95. The van der Waals surface area contributed by atoms with E-state index < -0.39 is 15.1 Å². The Labute approximate surface area is 91.1 Å². The van der Waals surface area contributed by atoms with Gasteiger partial charge in [-0.2, -0.15) is 0 Å². The second-order valence-corrected chi connectivity index (χ2v) is 7.44. The Morgan fingerprint density at radius 2 is 1.55 bits per heavy atom. The normalized spacial score (nSPS) is 7.64. The van der Waals surface area contributed by atoms with Crippen LogP contribution in [0.5, 0.6) is 0 Å². The number of benzene rings is 1. The monoisotopic (exact) mass is 304 g/mol. The number of hydrogen-bond donors (Lipinski definition) is 0. The fourth-order valence-corrected chi connectivity index (χ4v) is 0.798. The Hall–Kier alpha value is 0.903. The van der Waals surface area contributed by atoms with E-state index in [-0.39, 0.29) is 0 Å². The summed E-state index contributed by atoms with van der Waals surface area (Å²) in [6.07, 6.45) is 0. The summed E-state index contributed by atoms with van der Waals surface area (Å²) in [5.74, 6) is 0. The van der Waals surface area contributed by atoms with E-state index in [2.05, 4.69) is 35.0 Å². The Morgan fingerprint density at radius 3 is 1.82 bits per heavy atom. The van der Waals surface area contributed by atoms with Crippen LogP contribution < -0.4 is 0 Å². The number of halogens is 3. The fraction of sp³-hybridized carbons (Fsp3) is 0.143. The first-order valence-corrected chi connectivity index (χ1v) is 11.6. The molecule has 0 N–H and O–H groups in total. The van der Waals surface area contributed by atoms with Gasteiger partial charge in [-0.15, -0.1) is 0 Å². The van der Waals surface area contributed by atoms with Gasteiger partial charge in [0.25, 0.3) is 0 Å². The first-order chi connectivity index (χ1) is 5.20. The van der Waals surface area contributed by atoms with Crippen molar-refractivity contribution < 1.29 is 15.1 Å². The summed E-state index contributed by atoms with van der Waals surface area (Å²) >= 11 is 2.41. The van der Waals surface area contributed by atoms with Crippen molar-refractivity contribution in [2.75, 3.05) is 0 Å². The third-order valence-electron chi connectivity index (χ3n) is 1.01. The summed E-state index contributed by atoms with van der Waals surface area (Å²) in [7, 11) is 9.90. The van der Waals surface area contributed by atoms with Crippen molar-refractivity contribution in [2.24, 2.45) is 0 Å². The molecule has 0 amide bonds. The van der Waals surface area contributed by atoms with Crippen LogP contribution in [0.2, 0.25) is 0 Å². The zero-order chi connectivity index (χ0) is 8.69. The Balaban J connectivity index is 0.000000292. The van der Waals surface area contributed by atoms with Crippen LogP contribution in [-0.2, 0) is 15.1 Å². The fourth-order valence-electron chi connectivity index (χ4n) is 0.533. The minimum atomic E-state index is -0.931. The summed E-state index contributed by atoms with van der Waals surface area (Å²) in [6.45, 7) is 2.08. The van der Waals surface area contributed by atoms with Crippen LogP contribution in [0.3, 0.4) is 0 Å². The predicted octanol–water partition coefficient (Wildman–Crippen LogP) is 4.13. The van der Waals surface area contributed by atoms with Gasteiger partial charge in [0.05, 0.1) is 0 Å². The van der Waals surface area contributed by atoms with Gasteiger partial charge in [0, 0.05) is 4.47 Å². The molecule has 0 spiro atoms. The molecule has 1 aromatic carbocycles. The molecule has 0 aromatic heterocycles. The van der Waals surface area contributed by atoms with Gasteiger partial charge in [-0.1, -0.05) is 33.6 Å². The van der Waals surface area contributed by atoms with Crippen LogP contribution >= 0.6 is 35.3 Å². The molecule has 0 radical (unpaired) electrons. The summed E-state index contributed by atoms with van der Waals surface area (Å²) in [5.41, 5.74) is 1.30. The summed E-state index contributed by atoms with van der Waals surface area (Å²) in [5, 5.41) is 0. The Morgan fingerprint density at radius 1 is 1.18 bits per heavy atom. The third-order valence-corrected chi connectivity index (χ3v) is 1.54. The summed E-state index contributed by atoms with van der Waals surface area (Å²) in [6, 6.07) is 8.22. The van der Waals surface area contributed by atoms with Gasteiger partial charge < -0.3 is 0 Å². The second-order valence-electron chi connectivity index (χ2n) is 1.90. The van der Waals surface area contributed by atoms with Gasteiger partial charge in [-0.3, -0.25) is 0 Å². The summed E-state index contributed by atoms with van der Waals surface area (Å²) in [4.78, 5) is 0. The van der Waals surface area contributed by atoms with Crippen molar-refractivity contribution in [2.45, 2.75) is 6.92 Å². The van der Waals surface area contributed by atoms with Crippen molar-refractivity contribution in [1.82, 2.24) is 0 Å². The molecule has 4 heteroatoms. The summed E-state index contributed by atoms with van der Waals surface area (Å²) < 4.78 is 1.14. The average Bonchev–Trinajstić information content (AvgIpc) is 1.97. The molecule has 11 heavy (non-hydrogen) atoms. The molecule has 0 bridgehead atoms. The molecule has 1 aromatic rings. The van der Waals surface area contributed by atoms with Gasteiger partial charge in [0.2, 0.25) is 0 Å². The molecule has 0 fully saturated rings. The molecular weight excluding hydrogens is 300 g/mol. The second kappa shape index (κ2) is 7.55. The standard InChI is InChI=1S/C7H7Br.2ClH.Zn/c1-6-2-4-7(8)5-3-6;;;/h2-5H,1H3;2*1H;/q;;;+2/p-2. The van der Waals surface area contributed by atoms with Gasteiger partial charge >= 0.3 is 34.5 Å². The van der Waals surface area contributed by atoms with Crippen LogP contribution in [-0.4, -0.2) is 0 Å². The van der Waals surface area contributed by atoms with Crippen molar-refractivity contribution in [1.29, 1.82) is 0 Å². The van der Waals surface area contributed by atoms with Crippen LogP contribution in [0.4, 0.5) is 0 Å². The number of aryl methyl sites for hydroxylation is 1. The van der Waals surface area contributed by atoms with Gasteiger partial charge in [0.15, 0.2) is 0 Å². The van der Waals surface area contributed by atoms with Crippen molar-refractivity contribution in [3.63, 3.8) is 0 Å². The predicted molar refractivity (Wildman–Crippen MR) is 50.6 cm³/mol. The van der Waals surface area contributed by atoms with Gasteiger partial charge in [0.1, 0.15) is 0 Å². The van der Waals surface area contributed by atoms with E-state index in [1.54, 1.807) is 0 Å². The van der Waals surface area contributed by atoms with Gasteiger partial charge in [-0.25, -0.2) is 0 Å². The Kier molecular flexibility index (Phi) is 8.17. The van der Waals surface area contributed by atoms with Crippen molar-refractivity contribution in [3.8, 4) is 0 Å². The van der Waals surface area contributed by atoms with E-state index in [1.165, 1.54) is 5.56 Å².